The third-order valence-electron chi connectivity index (χ3n) is 4.21. The molecule has 0 aliphatic heterocycles. The lowest BCUT2D eigenvalue weighted by molar-refractivity contribution is 0.475. The van der Waals surface area contributed by atoms with Crippen LogP contribution in [0, 0.1) is 0 Å². The molecule has 0 radical (unpaired) electrons. The number of rotatable bonds is 3. The number of aromatic hydroxyl groups is 1. The average molecular weight is 381 g/mol. The van der Waals surface area contributed by atoms with Crippen LogP contribution in [0.2, 0.25) is 0 Å². The SMILES string of the molecule is CS(=O)(=O)n1cc(-c2cc(-c3cccc(O)c3)nc(=O)[nH]2)c2ccccc21. The summed E-state index contributed by atoms with van der Waals surface area (Å²) in [6.45, 7) is 0. The van der Waals surface area contributed by atoms with E-state index < -0.39 is 15.7 Å². The van der Waals surface area contributed by atoms with Crippen LogP contribution in [0.5, 0.6) is 5.75 Å². The molecule has 0 bridgehead atoms. The van der Waals surface area contributed by atoms with Crippen LogP contribution in [0.4, 0.5) is 0 Å². The molecule has 0 fully saturated rings. The van der Waals surface area contributed by atoms with Gasteiger partial charge in [0.2, 0.25) is 10.0 Å². The van der Waals surface area contributed by atoms with Crippen molar-refractivity contribution in [2.24, 2.45) is 0 Å². The first-order valence-corrected chi connectivity index (χ1v) is 9.89. The summed E-state index contributed by atoms with van der Waals surface area (Å²) in [5, 5.41) is 10.4. The molecule has 2 N–H and O–H groups in total. The Bertz CT molecular complexity index is 1340. The molecular weight excluding hydrogens is 366 g/mol. The minimum Gasteiger partial charge on any atom is -0.508 e. The monoisotopic (exact) mass is 381 g/mol. The van der Waals surface area contributed by atoms with Crippen molar-refractivity contribution in [1.29, 1.82) is 0 Å². The molecule has 8 heteroatoms. The van der Waals surface area contributed by atoms with Crippen LogP contribution in [-0.4, -0.2) is 33.7 Å². The highest BCUT2D eigenvalue weighted by atomic mass is 32.2. The van der Waals surface area contributed by atoms with Gasteiger partial charge in [0, 0.05) is 22.7 Å². The number of para-hydroxylation sites is 1. The van der Waals surface area contributed by atoms with Gasteiger partial charge in [-0.1, -0.05) is 30.3 Å². The minimum absolute atomic E-state index is 0.0600. The van der Waals surface area contributed by atoms with Gasteiger partial charge in [-0.25, -0.2) is 17.2 Å². The molecule has 0 saturated heterocycles. The number of nitrogens with one attached hydrogen (secondary N) is 1. The van der Waals surface area contributed by atoms with E-state index in [9.17, 15) is 18.3 Å². The number of H-pyrrole nitrogens is 1. The molecule has 2 heterocycles. The highest BCUT2D eigenvalue weighted by Crippen LogP contribution is 2.31. The van der Waals surface area contributed by atoms with E-state index in [0.717, 1.165) is 6.26 Å². The van der Waals surface area contributed by atoms with E-state index in [4.69, 9.17) is 0 Å². The molecule has 4 rings (SSSR count). The van der Waals surface area contributed by atoms with Crippen molar-refractivity contribution in [3.63, 3.8) is 0 Å². The van der Waals surface area contributed by atoms with E-state index in [1.54, 1.807) is 42.5 Å². The first kappa shape index (κ1) is 17.0. The third kappa shape index (κ3) is 3.11. The molecule has 7 nitrogen and oxygen atoms in total. The zero-order valence-electron chi connectivity index (χ0n) is 14.2. The van der Waals surface area contributed by atoms with Gasteiger partial charge in [-0.3, -0.25) is 0 Å². The van der Waals surface area contributed by atoms with Gasteiger partial charge in [0.15, 0.2) is 0 Å². The Morgan fingerprint density at radius 1 is 1.07 bits per heavy atom. The lowest BCUT2D eigenvalue weighted by atomic mass is 10.1. The maximum Gasteiger partial charge on any atom is 0.345 e. The van der Waals surface area contributed by atoms with Gasteiger partial charge in [0.05, 0.1) is 23.2 Å². The second-order valence-electron chi connectivity index (χ2n) is 6.15. The number of phenolic OH excluding ortho intramolecular Hbond substituents is 1. The summed E-state index contributed by atoms with van der Waals surface area (Å²) in [4.78, 5) is 18.8. The Hall–Kier alpha value is -3.39. The smallest absolute Gasteiger partial charge is 0.345 e. The van der Waals surface area contributed by atoms with Crippen molar-refractivity contribution >= 4 is 20.9 Å². The zero-order chi connectivity index (χ0) is 19.2. The summed E-state index contributed by atoms with van der Waals surface area (Å²) >= 11 is 0. The molecular formula is C19H15N3O4S. The fourth-order valence-electron chi connectivity index (χ4n) is 3.05. The Kier molecular flexibility index (Phi) is 3.85. The maximum atomic E-state index is 12.1. The normalized spacial score (nSPS) is 11.7. The van der Waals surface area contributed by atoms with Crippen LogP contribution >= 0.6 is 0 Å². The Balaban J connectivity index is 1.99. The molecule has 0 spiro atoms. The minimum atomic E-state index is -3.52. The second kappa shape index (κ2) is 6.10. The van der Waals surface area contributed by atoms with Crippen molar-refractivity contribution in [3.05, 3.63) is 71.3 Å². The van der Waals surface area contributed by atoms with Gasteiger partial charge in [-0.05, 0) is 24.3 Å². The zero-order valence-corrected chi connectivity index (χ0v) is 15.1. The molecule has 0 aliphatic carbocycles. The number of fused-ring (bicyclic) bond motifs is 1. The summed E-state index contributed by atoms with van der Waals surface area (Å²) < 4.78 is 25.5. The predicted molar refractivity (Wildman–Crippen MR) is 103 cm³/mol. The molecule has 0 unspecified atom stereocenters. The van der Waals surface area contributed by atoms with Gasteiger partial charge < -0.3 is 10.1 Å². The molecule has 136 valence electrons. The maximum absolute atomic E-state index is 12.1. The van der Waals surface area contributed by atoms with Crippen molar-refractivity contribution in [2.45, 2.75) is 0 Å². The third-order valence-corrected chi connectivity index (χ3v) is 5.23. The Morgan fingerprint density at radius 3 is 2.59 bits per heavy atom. The summed E-state index contributed by atoms with van der Waals surface area (Å²) in [6, 6.07) is 15.1. The Morgan fingerprint density at radius 2 is 1.85 bits per heavy atom. The molecule has 0 saturated carbocycles. The highest BCUT2D eigenvalue weighted by molar-refractivity contribution is 7.89. The Labute approximate surface area is 154 Å². The molecule has 2 aromatic carbocycles. The molecule has 0 aliphatic rings. The fourth-order valence-corrected chi connectivity index (χ4v) is 3.87. The standard InChI is InChI=1S/C19H15N3O4S/c1-27(25,26)22-11-15(14-7-2-3-8-18(14)22)17-10-16(20-19(24)21-17)12-5-4-6-13(23)9-12/h2-11,23H,1H3,(H,20,21,24). The van der Waals surface area contributed by atoms with E-state index in [0.29, 0.717) is 33.4 Å². The number of phenols is 1. The number of aromatic amines is 1. The molecule has 2 aromatic heterocycles. The number of hydrogen-bond donors (Lipinski definition) is 2. The number of nitrogens with zero attached hydrogens (tertiary/aromatic N) is 2. The van der Waals surface area contributed by atoms with Crippen molar-refractivity contribution in [3.8, 4) is 28.3 Å². The number of aromatic nitrogens is 3. The van der Waals surface area contributed by atoms with E-state index in [1.807, 2.05) is 0 Å². The van der Waals surface area contributed by atoms with E-state index in [2.05, 4.69) is 9.97 Å². The van der Waals surface area contributed by atoms with Crippen molar-refractivity contribution in [1.82, 2.24) is 13.9 Å². The van der Waals surface area contributed by atoms with Gasteiger partial charge in [0.25, 0.3) is 0 Å². The van der Waals surface area contributed by atoms with E-state index in [-0.39, 0.29) is 5.75 Å². The quantitative estimate of drug-likeness (QED) is 0.567. The lowest BCUT2D eigenvalue weighted by Gasteiger charge is -2.04. The van der Waals surface area contributed by atoms with Gasteiger partial charge in [-0.15, -0.1) is 0 Å². The lowest BCUT2D eigenvalue weighted by Crippen LogP contribution is -2.12. The van der Waals surface area contributed by atoms with Crippen LogP contribution in [0.1, 0.15) is 0 Å². The van der Waals surface area contributed by atoms with Gasteiger partial charge >= 0.3 is 5.69 Å². The first-order valence-electron chi connectivity index (χ1n) is 8.05. The summed E-state index contributed by atoms with van der Waals surface area (Å²) in [5.74, 6) is 0.0600. The summed E-state index contributed by atoms with van der Waals surface area (Å²) in [6.07, 6.45) is 2.61. The van der Waals surface area contributed by atoms with Crippen LogP contribution in [0.3, 0.4) is 0 Å². The van der Waals surface area contributed by atoms with Gasteiger partial charge in [0.1, 0.15) is 5.75 Å². The van der Waals surface area contributed by atoms with Crippen molar-refractivity contribution < 1.29 is 13.5 Å². The average Bonchev–Trinajstić information content (AvgIpc) is 3.01. The van der Waals surface area contributed by atoms with Crippen LogP contribution < -0.4 is 5.69 Å². The largest absolute Gasteiger partial charge is 0.508 e. The van der Waals surface area contributed by atoms with E-state index >= 15 is 0 Å². The number of benzene rings is 2. The first-order chi connectivity index (χ1) is 12.8. The van der Waals surface area contributed by atoms with Gasteiger partial charge in [-0.2, -0.15) is 4.98 Å². The summed E-state index contributed by atoms with van der Waals surface area (Å²) in [5.41, 5.74) is 1.91. The molecule has 0 atom stereocenters. The number of hydrogen-bond acceptors (Lipinski definition) is 5. The molecule has 27 heavy (non-hydrogen) atoms. The summed E-state index contributed by atoms with van der Waals surface area (Å²) in [7, 11) is -3.52. The predicted octanol–water partition coefficient (Wildman–Crippen LogP) is 2.57. The van der Waals surface area contributed by atoms with Crippen molar-refractivity contribution in [2.75, 3.05) is 6.26 Å². The highest BCUT2D eigenvalue weighted by Gasteiger charge is 2.17. The van der Waals surface area contributed by atoms with Crippen LogP contribution in [0.15, 0.2) is 65.6 Å². The van der Waals surface area contributed by atoms with Crippen LogP contribution in [-0.2, 0) is 10.0 Å². The second-order valence-corrected chi connectivity index (χ2v) is 8.01. The van der Waals surface area contributed by atoms with E-state index in [1.165, 1.54) is 22.3 Å². The molecule has 4 aromatic rings. The topological polar surface area (TPSA) is 105 Å². The molecule has 0 amide bonds. The van der Waals surface area contributed by atoms with Crippen LogP contribution in [0.25, 0.3) is 33.4 Å². The fraction of sp³-hybridized carbons (Fsp3) is 0.0526.